The first kappa shape index (κ1) is 29.0. The van der Waals surface area contributed by atoms with Crippen LogP contribution in [0.25, 0.3) is 0 Å². The minimum atomic E-state index is -0.714. The van der Waals surface area contributed by atoms with E-state index in [-0.39, 0.29) is 25.0 Å². The van der Waals surface area contributed by atoms with Gasteiger partial charge in [-0.05, 0) is 29.7 Å². The molecule has 0 aliphatic heterocycles. The van der Waals surface area contributed by atoms with Gasteiger partial charge in [-0.15, -0.1) is 0 Å². The third-order valence-corrected chi connectivity index (χ3v) is 6.58. The van der Waals surface area contributed by atoms with Gasteiger partial charge in [0.15, 0.2) is 6.61 Å². The maximum atomic E-state index is 13.7. The molecule has 3 rings (SSSR count). The third-order valence-electron chi connectivity index (χ3n) is 6.05. The van der Waals surface area contributed by atoms with Crippen LogP contribution in [-0.2, 0) is 22.6 Å². The average molecular weight is 584 g/mol. The van der Waals surface area contributed by atoms with Crippen molar-refractivity contribution in [3.05, 3.63) is 88.4 Å². The van der Waals surface area contributed by atoms with Gasteiger partial charge in [-0.1, -0.05) is 71.7 Å². The van der Waals surface area contributed by atoms with Gasteiger partial charge in [0, 0.05) is 42.2 Å². The van der Waals surface area contributed by atoms with Crippen molar-refractivity contribution in [1.29, 1.82) is 0 Å². The van der Waals surface area contributed by atoms with Crippen molar-refractivity contribution >= 4 is 27.7 Å². The fourth-order valence-electron chi connectivity index (χ4n) is 3.94. The van der Waals surface area contributed by atoms with Gasteiger partial charge in [0.05, 0.1) is 14.2 Å². The highest BCUT2D eigenvalue weighted by Gasteiger charge is 2.30. The number of unbranched alkanes of at least 4 members (excludes halogenated alkanes) is 1. The molecule has 0 heterocycles. The van der Waals surface area contributed by atoms with E-state index in [0.29, 0.717) is 30.2 Å². The van der Waals surface area contributed by atoms with Crippen LogP contribution < -0.4 is 19.5 Å². The zero-order valence-corrected chi connectivity index (χ0v) is 23.7. The molecule has 0 bridgehead atoms. The van der Waals surface area contributed by atoms with Crippen LogP contribution in [0.1, 0.15) is 30.9 Å². The van der Waals surface area contributed by atoms with Crippen LogP contribution in [0.3, 0.4) is 0 Å². The number of rotatable bonds is 14. The monoisotopic (exact) mass is 582 g/mol. The Morgan fingerprint density at radius 2 is 1.53 bits per heavy atom. The first-order chi connectivity index (χ1) is 18.4. The summed E-state index contributed by atoms with van der Waals surface area (Å²) in [5.74, 6) is 1.05. The summed E-state index contributed by atoms with van der Waals surface area (Å²) in [5.41, 5.74) is 1.87. The number of carbonyl (C=O) groups is 2. The molecule has 38 heavy (non-hydrogen) atoms. The fraction of sp³-hybridized carbons (Fsp3) is 0.333. The summed E-state index contributed by atoms with van der Waals surface area (Å²) >= 11 is 3.46. The van der Waals surface area contributed by atoms with E-state index < -0.39 is 6.04 Å². The summed E-state index contributed by atoms with van der Waals surface area (Å²) in [7, 11) is 3.10. The second-order valence-electron chi connectivity index (χ2n) is 8.84. The molecule has 0 aromatic heterocycles. The quantitative estimate of drug-likeness (QED) is 0.257. The van der Waals surface area contributed by atoms with Gasteiger partial charge >= 0.3 is 0 Å². The molecule has 0 radical (unpaired) electrons. The summed E-state index contributed by atoms with van der Waals surface area (Å²) < 4.78 is 17.4. The van der Waals surface area contributed by atoms with Gasteiger partial charge in [-0.2, -0.15) is 0 Å². The number of methoxy groups -OCH3 is 2. The Morgan fingerprint density at radius 1 is 0.895 bits per heavy atom. The first-order valence-corrected chi connectivity index (χ1v) is 13.4. The standard InChI is InChI=1S/C30H35BrN2O5/c1-4-5-15-32-30(35)28(16-22-9-7-6-8-10-22)33(20-23-11-13-24(31)14-12-23)29(34)21-38-27-18-25(36-2)17-26(19-27)37-3/h6-14,17-19,28H,4-5,15-16,20-21H2,1-3H3,(H,32,35). The van der Waals surface area contributed by atoms with Crippen LogP contribution in [0.15, 0.2) is 77.3 Å². The summed E-state index contributed by atoms with van der Waals surface area (Å²) in [5, 5.41) is 3.02. The molecule has 0 saturated heterocycles. The average Bonchev–Trinajstić information content (AvgIpc) is 2.95. The SMILES string of the molecule is CCCCNC(=O)C(Cc1ccccc1)N(Cc1ccc(Br)cc1)C(=O)COc1cc(OC)cc(OC)c1. The molecule has 2 amide bonds. The Bertz CT molecular complexity index is 1150. The number of ether oxygens (including phenoxy) is 3. The van der Waals surface area contributed by atoms with Gasteiger partial charge in [0.25, 0.3) is 5.91 Å². The Kier molecular flexibility index (Phi) is 11.5. The number of nitrogens with zero attached hydrogens (tertiary/aromatic N) is 1. The Hall–Kier alpha value is -3.52. The van der Waals surface area contributed by atoms with E-state index in [1.54, 1.807) is 37.3 Å². The van der Waals surface area contributed by atoms with Crippen LogP contribution in [0.5, 0.6) is 17.2 Å². The highest BCUT2D eigenvalue weighted by atomic mass is 79.9. The Morgan fingerprint density at radius 3 is 2.13 bits per heavy atom. The van der Waals surface area contributed by atoms with Crippen molar-refractivity contribution in [1.82, 2.24) is 10.2 Å². The van der Waals surface area contributed by atoms with E-state index in [2.05, 4.69) is 28.2 Å². The lowest BCUT2D eigenvalue weighted by atomic mass is 10.0. The predicted molar refractivity (Wildman–Crippen MR) is 152 cm³/mol. The topological polar surface area (TPSA) is 77.1 Å². The Balaban J connectivity index is 1.89. The van der Waals surface area contributed by atoms with Crippen molar-refractivity contribution in [3.8, 4) is 17.2 Å². The molecule has 3 aromatic carbocycles. The van der Waals surface area contributed by atoms with Crippen molar-refractivity contribution in [2.45, 2.75) is 38.8 Å². The van der Waals surface area contributed by atoms with E-state index in [4.69, 9.17) is 14.2 Å². The zero-order valence-electron chi connectivity index (χ0n) is 22.1. The maximum absolute atomic E-state index is 13.7. The summed E-state index contributed by atoms with van der Waals surface area (Å²) in [6, 6.07) is 21.8. The van der Waals surface area contributed by atoms with Crippen molar-refractivity contribution in [3.63, 3.8) is 0 Å². The molecule has 202 valence electrons. The number of hydrogen-bond donors (Lipinski definition) is 1. The van der Waals surface area contributed by atoms with Crippen LogP contribution in [0, 0.1) is 0 Å². The lowest BCUT2D eigenvalue weighted by Gasteiger charge is -2.31. The van der Waals surface area contributed by atoms with Crippen LogP contribution in [0.2, 0.25) is 0 Å². The molecule has 1 atom stereocenters. The normalized spacial score (nSPS) is 11.4. The molecular formula is C30H35BrN2O5. The molecule has 0 spiro atoms. The van der Waals surface area contributed by atoms with Crippen molar-refractivity contribution in [2.75, 3.05) is 27.4 Å². The van der Waals surface area contributed by atoms with E-state index in [0.717, 1.165) is 28.4 Å². The summed E-state index contributed by atoms with van der Waals surface area (Å²) in [4.78, 5) is 28.8. The number of hydrogen-bond acceptors (Lipinski definition) is 5. The number of amides is 2. The van der Waals surface area contributed by atoms with Crippen LogP contribution in [-0.4, -0.2) is 50.1 Å². The minimum absolute atomic E-state index is 0.184. The number of carbonyl (C=O) groups excluding carboxylic acids is 2. The van der Waals surface area contributed by atoms with Gasteiger partial charge in [-0.3, -0.25) is 9.59 Å². The van der Waals surface area contributed by atoms with Gasteiger partial charge in [0.1, 0.15) is 23.3 Å². The lowest BCUT2D eigenvalue weighted by molar-refractivity contribution is -0.142. The number of nitrogens with one attached hydrogen (secondary N) is 1. The summed E-state index contributed by atoms with van der Waals surface area (Å²) in [6.45, 7) is 2.64. The largest absolute Gasteiger partial charge is 0.496 e. The van der Waals surface area contributed by atoms with E-state index in [9.17, 15) is 9.59 Å². The van der Waals surface area contributed by atoms with Gasteiger partial charge < -0.3 is 24.4 Å². The first-order valence-electron chi connectivity index (χ1n) is 12.6. The Labute approximate surface area is 233 Å². The molecule has 7 nitrogen and oxygen atoms in total. The van der Waals surface area contributed by atoms with E-state index in [1.807, 2.05) is 54.6 Å². The highest BCUT2D eigenvalue weighted by molar-refractivity contribution is 9.10. The summed E-state index contributed by atoms with van der Waals surface area (Å²) in [6.07, 6.45) is 2.21. The predicted octanol–water partition coefficient (Wildman–Crippen LogP) is 5.40. The molecule has 1 N–H and O–H groups in total. The van der Waals surface area contributed by atoms with Crippen molar-refractivity contribution < 1.29 is 23.8 Å². The zero-order chi connectivity index (χ0) is 27.3. The van der Waals surface area contributed by atoms with Gasteiger partial charge in [-0.25, -0.2) is 0 Å². The van der Waals surface area contributed by atoms with Crippen LogP contribution in [0.4, 0.5) is 0 Å². The molecule has 0 fully saturated rings. The molecule has 3 aromatic rings. The smallest absolute Gasteiger partial charge is 0.261 e. The van der Waals surface area contributed by atoms with E-state index in [1.165, 1.54) is 0 Å². The van der Waals surface area contributed by atoms with Gasteiger partial charge in [0.2, 0.25) is 5.91 Å². The van der Waals surface area contributed by atoms with Crippen LogP contribution >= 0.6 is 15.9 Å². The fourth-order valence-corrected chi connectivity index (χ4v) is 4.20. The van der Waals surface area contributed by atoms with E-state index >= 15 is 0 Å². The molecule has 8 heteroatoms. The van der Waals surface area contributed by atoms with Crippen molar-refractivity contribution in [2.24, 2.45) is 0 Å². The number of benzene rings is 3. The maximum Gasteiger partial charge on any atom is 0.261 e. The minimum Gasteiger partial charge on any atom is -0.496 e. The third kappa shape index (κ3) is 8.80. The second kappa shape index (κ2) is 15.0. The second-order valence-corrected chi connectivity index (χ2v) is 9.75. The molecular weight excluding hydrogens is 548 g/mol. The number of halogens is 1. The molecule has 0 saturated carbocycles. The molecule has 0 aliphatic carbocycles. The highest BCUT2D eigenvalue weighted by Crippen LogP contribution is 2.27. The lowest BCUT2D eigenvalue weighted by Crippen LogP contribution is -2.51. The molecule has 1 unspecified atom stereocenters. The molecule has 0 aliphatic rings.